The van der Waals surface area contributed by atoms with Gasteiger partial charge in [0.1, 0.15) is 0 Å². The third-order valence-corrected chi connectivity index (χ3v) is 6.53. The quantitative estimate of drug-likeness (QED) is 0.788. The molecule has 1 saturated heterocycles. The van der Waals surface area contributed by atoms with E-state index in [9.17, 15) is 18.0 Å². The van der Waals surface area contributed by atoms with Crippen LogP contribution in [-0.4, -0.2) is 36.9 Å². The Hall–Kier alpha value is -1.89. The number of hydrogen-bond donors (Lipinski definition) is 2. The summed E-state index contributed by atoms with van der Waals surface area (Å²) < 4.78 is 23.0. The zero-order valence-electron chi connectivity index (χ0n) is 15.5. The van der Waals surface area contributed by atoms with Crippen molar-refractivity contribution in [3.8, 4) is 0 Å². The molecule has 2 rings (SSSR count). The molecular weight excluding hydrogens is 354 g/mol. The van der Waals surface area contributed by atoms with E-state index in [1.807, 2.05) is 24.3 Å². The minimum atomic E-state index is -3.03. The highest BCUT2D eigenvalue weighted by Gasteiger charge is 2.30. The number of rotatable bonds is 6. The van der Waals surface area contributed by atoms with E-state index in [0.717, 1.165) is 11.1 Å². The molecule has 1 aromatic rings. The van der Waals surface area contributed by atoms with Gasteiger partial charge in [0, 0.05) is 6.42 Å². The molecule has 0 radical (unpaired) electrons. The lowest BCUT2D eigenvalue weighted by molar-refractivity contribution is -0.137. The average molecular weight is 381 g/mol. The van der Waals surface area contributed by atoms with Gasteiger partial charge in [-0.2, -0.15) is 0 Å². The molecule has 1 aliphatic heterocycles. The van der Waals surface area contributed by atoms with Crippen molar-refractivity contribution >= 4 is 21.7 Å². The third kappa shape index (κ3) is 5.83. The van der Waals surface area contributed by atoms with Crippen LogP contribution in [0.3, 0.4) is 0 Å². The van der Waals surface area contributed by atoms with Gasteiger partial charge in [0.15, 0.2) is 9.84 Å². The van der Waals surface area contributed by atoms with Crippen molar-refractivity contribution in [2.24, 2.45) is 5.92 Å². The third-order valence-electron chi connectivity index (χ3n) is 4.69. The molecule has 1 aliphatic rings. The highest BCUT2D eigenvalue weighted by Crippen LogP contribution is 2.26. The van der Waals surface area contributed by atoms with Crippen LogP contribution >= 0.6 is 0 Å². The van der Waals surface area contributed by atoms with E-state index in [1.165, 1.54) is 0 Å². The topological polar surface area (TPSA) is 101 Å². The van der Waals surface area contributed by atoms with Gasteiger partial charge in [0.2, 0.25) is 5.91 Å². The number of hydrogen-bond acceptors (Lipinski definition) is 4. The lowest BCUT2D eigenvalue weighted by Crippen LogP contribution is -2.31. The second-order valence-corrected chi connectivity index (χ2v) is 10.3. The lowest BCUT2D eigenvalue weighted by Gasteiger charge is -2.22. The molecule has 0 aromatic heterocycles. The predicted molar refractivity (Wildman–Crippen MR) is 99.7 cm³/mol. The Balaban J connectivity index is 2.07. The van der Waals surface area contributed by atoms with Gasteiger partial charge < -0.3 is 10.4 Å². The van der Waals surface area contributed by atoms with Crippen molar-refractivity contribution < 1.29 is 23.1 Å². The zero-order chi connectivity index (χ0) is 19.5. The maximum absolute atomic E-state index is 12.3. The van der Waals surface area contributed by atoms with Crippen LogP contribution in [0.2, 0.25) is 0 Å². The van der Waals surface area contributed by atoms with Gasteiger partial charge in [-0.25, -0.2) is 8.42 Å². The van der Waals surface area contributed by atoms with E-state index in [-0.39, 0.29) is 41.6 Å². The maximum Gasteiger partial charge on any atom is 0.305 e. The Morgan fingerprint density at radius 1 is 1.23 bits per heavy atom. The number of carbonyl (C=O) groups excluding carboxylic acids is 1. The second kappa shape index (κ2) is 7.78. The normalized spacial score (nSPS) is 20.5. The van der Waals surface area contributed by atoms with E-state index in [4.69, 9.17) is 5.11 Å². The lowest BCUT2D eigenvalue weighted by atomic mass is 9.86. The van der Waals surface area contributed by atoms with Crippen LogP contribution in [0.15, 0.2) is 24.3 Å². The first-order chi connectivity index (χ1) is 12.0. The van der Waals surface area contributed by atoms with Crippen molar-refractivity contribution in [3.63, 3.8) is 0 Å². The number of benzene rings is 1. The first-order valence-corrected chi connectivity index (χ1v) is 10.6. The number of carboxylic acids is 1. The van der Waals surface area contributed by atoms with Gasteiger partial charge >= 0.3 is 5.97 Å². The monoisotopic (exact) mass is 381 g/mol. The molecule has 6 nitrogen and oxygen atoms in total. The van der Waals surface area contributed by atoms with Crippen molar-refractivity contribution in [2.75, 3.05) is 11.5 Å². The van der Waals surface area contributed by atoms with E-state index < -0.39 is 21.8 Å². The molecule has 2 unspecified atom stereocenters. The first kappa shape index (κ1) is 20.4. The van der Waals surface area contributed by atoms with Crippen LogP contribution in [0.1, 0.15) is 57.2 Å². The number of amides is 1. The van der Waals surface area contributed by atoms with E-state index in [2.05, 4.69) is 26.1 Å². The molecule has 7 heteroatoms. The Morgan fingerprint density at radius 2 is 1.85 bits per heavy atom. The van der Waals surface area contributed by atoms with Gasteiger partial charge in [-0.05, 0) is 28.9 Å². The van der Waals surface area contributed by atoms with E-state index in [0.29, 0.717) is 6.42 Å². The maximum atomic E-state index is 12.3. The molecule has 0 aliphatic carbocycles. The summed E-state index contributed by atoms with van der Waals surface area (Å²) in [5, 5.41) is 11.9. The van der Waals surface area contributed by atoms with Crippen LogP contribution in [0.25, 0.3) is 0 Å². The summed E-state index contributed by atoms with van der Waals surface area (Å²) in [6.07, 6.45) is 0.374. The van der Waals surface area contributed by atoms with Gasteiger partial charge in [-0.1, -0.05) is 45.0 Å². The van der Waals surface area contributed by atoms with Crippen LogP contribution in [0.5, 0.6) is 0 Å². The predicted octanol–water partition coefficient (Wildman–Crippen LogP) is 2.44. The number of carboxylic acid groups (broad SMARTS) is 1. The molecular formula is C19H27NO5S. The minimum absolute atomic E-state index is 0.0158. The Labute approximate surface area is 154 Å². The molecule has 26 heavy (non-hydrogen) atoms. The summed E-state index contributed by atoms with van der Waals surface area (Å²) in [6.45, 7) is 6.27. The summed E-state index contributed by atoms with van der Waals surface area (Å²) in [5.41, 5.74) is 1.84. The van der Waals surface area contributed by atoms with Crippen LogP contribution in [0, 0.1) is 5.92 Å². The minimum Gasteiger partial charge on any atom is -0.481 e. The first-order valence-electron chi connectivity index (χ1n) is 8.78. The molecule has 1 heterocycles. The standard InChI is InChI=1S/C19H27NO5S/c1-19(2,3)15-6-4-14(5-7-15)16(11-18(22)23)20-17(21)10-13-8-9-26(24,25)12-13/h4-7,13,16H,8-12H2,1-3H3,(H,20,21)(H,22,23). The van der Waals surface area contributed by atoms with Gasteiger partial charge in [0.05, 0.1) is 24.0 Å². The fourth-order valence-electron chi connectivity index (χ4n) is 3.19. The van der Waals surface area contributed by atoms with Crippen LogP contribution < -0.4 is 5.32 Å². The van der Waals surface area contributed by atoms with Crippen molar-refractivity contribution in [2.45, 2.75) is 51.5 Å². The largest absolute Gasteiger partial charge is 0.481 e. The average Bonchev–Trinajstić information content (AvgIpc) is 2.84. The summed E-state index contributed by atoms with van der Waals surface area (Å²) >= 11 is 0. The number of nitrogens with one attached hydrogen (secondary N) is 1. The highest BCUT2D eigenvalue weighted by atomic mass is 32.2. The van der Waals surface area contributed by atoms with Gasteiger partial charge in [-0.15, -0.1) is 0 Å². The fourth-order valence-corrected chi connectivity index (χ4v) is 5.05. The smallest absolute Gasteiger partial charge is 0.305 e. The number of aliphatic carboxylic acids is 1. The van der Waals surface area contributed by atoms with E-state index in [1.54, 1.807) is 0 Å². The Kier molecular flexibility index (Phi) is 6.11. The number of carbonyl (C=O) groups is 2. The molecule has 2 atom stereocenters. The summed E-state index contributed by atoms with van der Waals surface area (Å²) in [6, 6.07) is 6.94. The fraction of sp³-hybridized carbons (Fsp3) is 0.579. The molecule has 1 aromatic carbocycles. The molecule has 1 fully saturated rings. The summed E-state index contributed by atoms with van der Waals surface area (Å²) in [5.74, 6) is -1.34. The zero-order valence-corrected chi connectivity index (χ0v) is 16.3. The van der Waals surface area contributed by atoms with E-state index >= 15 is 0 Å². The van der Waals surface area contributed by atoms with Gasteiger partial charge in [0.25, 0.3) is 0 Å². The van der Waals surface area contributed by atoms with Crippen molar-refractivity contribution in [1.29, 1.82) is 0 Å². The summed E-state index contributed by atoms with van der Waals surface area (Å²) in [7, 11) is -3.03. The van der Waals surface area contributed by atoms with Crippen LogP contribution in [-0.2, 0) is 24.8 Å². The second-order valence-electron chi connectivity index (χ2n) is 8.06. The highest BCUT2D eigenvalue weighted by molar-refractivity contribution is 7.91. The molecule has 2 N–H and O–H groups in total. The molecule has 144 valence electrons. The molecule has 0 saturated carbocycles. The molecule has 1 amide bonds. The van der Waals surface area contributed by atoms with Crippen molar-refractivity contribution in [1.82, 2.24) is 5.32 Å². The SMILES string of the molecule is CC(C)(C)c1ccc(C(CC(=O)O)NC(=O)CC2CCS(=O)(=O)C2)cc1. The van der Waals surface area contributed by atoms with Crippen molar-refractivity contribution in [3.05, 3.63) is 35.4 Å². The summed E-state index contributed by atoms with van der Waals surface area (Å²) in [4.78, 5) is 23.5. The molecule has 0 spiro atoms. The molecule has 0 bridgehead atoms. The Morgan fingerprint density at radius 3 is 2.31 bits per heavy atom. The van der Waals surface area contributed by atoms with Crippen LogP contribution in [0.4, 0.5) is 0 Å². The Bertz CT molecular complexity index is 762. The van der Waals surface area contributed by atoms with Gasteiger partial charge in [-0.3, -0.25) is 9.59 Å². The number of sulfone groups is 1.